The Morgan fingerprint density at radius 3 is 2.29 bits per heavy atom. The summed E-state index contributed by atoms with van der Waals surface area (Å²) in [6.07, 6.45) is 1.37. The van der Waals surface area contributed by atoms with Crippen molar-refractivity contribution in [1.82, 2.24) is 0 Å². The van der Waals surface area contributed by atoms with E-state index in [1.165, 1.54) is 0 Å². The van der Waals surface area contributed by atoms with Crippen molar-refractivity contribution in [3.63, 3.8) is 0 Å². The normalized spacial score (nSPS) is 43.7. The molecule has 98 valence electrons. The number of aliphatic hydroxyl groups is 1. The van der Waals surface area contributed by atoms with Crippen molar-refractivity contribution in [2.45, 2.75) is 41.6 Å². The van der Waals surface area contributed by atoms with Crippen LogP contribution in [0.3, 0.4) is 0 Å². The van der Waals surface area contributed by atoms with Gasteiger partial charge in [-0.15, -0.1) is 0 Å². The highest BCUT2D eigenvalue weighted by molar-refractivity contribution is 9.09. The zero-order valence-electron chi connectivity index (χ0n) is 10.5. The summed E-state index contributed by atoms with van der Waals surface area (Å²) in [7, 11) is 3.17. The van der Waals surface area contributed by atoms with Crippen LogP contribution in [0.2, 0.25) is 0 Å². The molecule has 1 saturated heterocycles. The summed E-state index contributed by atoms with van der Waals surface area (Å²) in [5, 5.41) is 11.0. The van der Waals surface area contributed by atoms with E-state index in [0.717, 1.165) is 0 Å². The fraction of sp³-hybridized carbons (Fsp3) is 0.833. The summed E-state index contributed by atoms with van der Waals surface area (Å²) >= 11 is 3.53. The van der Waals surface area contributed by atoms with E-state index in [9.17, 15) is 5.11 Å². The molecule has 1 aliphatic carbocycles. The van der Waals surface area contributed by atoms with Gasteiger partial charge in [-0.05, 0) is 18.9 Å². The Hall–Kier alpha value is 0.0600. The van der Waals surface area contributed by atoms with Gasteiger partial charge in [-0.1, -0.05) is 22.5 Å². The lowest BCUT2D eigenvalue weighted by Crippen LogP contribution is -2.66. The average molecular weight is 307 g/mol. The second kappa shape index (κ2) is 4.03. The molecule has 2 fully saturated rings. The van der Waals surface area contributed by atoms with Crippen LogP contribution in [0.25, 0.3) is 0 Å². The molecule has 0 aromatic carbocycles. The maximum Gasteiger partial charge on any atom is 0.183 e. The molecule has 0 bridgehead atoms. The van der Waals surface area contributed by atoms with Gasteiger partial charge in [0, 0.05) is 20.6 Å². The molecule has 0 aromatic heterocycles. The first-order valence-corrected chi connectivity index (χ1v) is 6.57. The molecule has 0 aromatic rings. The molecule has 1 N–H and O–H groups in total. The third-order valence-electron chi connectivity index (χ3n) is 4.16. The van der Waals surface area contributed by atoms with Gasteiger partial charge in [0.25, 0.3) is 0 Å². The van der Waals surface area contributed by atoms with Crippen molar-refractivity contribution in [3.05, 3.63) is 12.2 Å². The molecule has 3 unspecified atom stereocenters. The standard InChI is InChI=1S/C12H19BrO4/c1-8(2)12(14)9(13)11(15-3,16-4)6-5-10(12)7-17-10/h9,14H,1,5-7H2,2-4H3. The summed E-state index contributed by atoms with van der Waals surface area (Å²) in [6.45, 7) is 6.26. The van der Waals surface area contributed by atoms with Crippen LogP contribution in [-0.4, -0.2) is 47.7 Å². The van der Waals surface area contributed by atoms with E-state index in [1.54, 1.807) is 21.1 Å². The van der Waals surface area contributed by atoms with E-state index >= 15 is 0 Å². The van der Waals surface area contributed by atoms with E-state index in [-0.39, 0.29) is 0 Å². The van der Waals surface area contributed by atoms with Gasteiger partial charge in [-0.2, -0.15) is 0 Å². The van der Waals surface area contributed by atoms with Gasteiger partial charge < -0.3 is 19.3 Å². The van der Waals surface area contributed by atoms with Crippen LogP contribution < -0.4 is 0 Å². The number of halogens is 1. The van der Waals surface area contributed by atoms with Crippen LogP contribution in [0.4, 0.5) is 0 Å². The first-order chi connectivity index (χ1) is 7.88. The predicted molar refractivity (Wildman–Crippen MR) is 67.1 cm³/mol. The first kappa shape index (κ1) is 13.5. The SMILES string of the molecule is C=C(C)C1(O)C(Br)C(OC)(OC)CCC12CO2. The highest BCUT2D eigenvalue weighted by Crippen LogP contribution is 2.57. The van der Waals surface area contributed by atoms with Crippen molar-refractivity contribution < 1.29 is 19.3 Å². The fourth-order valence-electron chi connectivity index (χ4n) is 2.79. The minimum Gasteiger partial charge on any atom is -0.381 e. The minimum atomic E-state index is -1.17. The molecule has 1 spiro atoms. The number of alkyl halides is 1. The lowest BCUT2D eigenvalue weighted by Gasteiger charge is -2.51. The van der Waals surface area contributed by atoms with Crippen molar-refractivity contribution >= 4 is 15.9 Å². The van der Waals surface area contributed by atoms with Crippen molar-refractivity contribution in [2.24, 2.45) is 0 Å². The zero-order chi connectivity index (χ0) is 12.9. The molecule has 1 heterocycles. The molecule has 4 nitrogen and oxygen atoms in total. The van der Waals surface area contributed by atoms with E-state index in [4.69, 9.17) is 14.2 Å². The van der Waals surface area contributed by atoms with Crippen LogP contribution in [0.5, 0.6) is 0 Å². The predicted octanol–water partition coefficient (Wildman–Crippen LogP) is 1.61. The van der Waals surface area contributed by atoms with Crippen LogP contribution in [0.15, 0.2) is 12.2 Å². The molecule has 2 rings (SSSR count). The van der Waals surface area contributed by atoms with Gasteiger partial charge in [0.05, 0.1) is 6.61 Å². The average Bonchev–Trinajstić information content (AvgIpc) is 3.09. The fourth-order valence-corrected chi connectivity index (χ4v) is 4.20. The lowest BCUT2D eigenvalue weighted by molar-refractivity contribution is -0.253. The van der Waals surface area contributed by atoms with Gasteiger partial charge in [-0.3, -0.25) is 0 Å². The molecule has 0 radical (unpaired) electrons. The molecular formula is C12H19BrO4. The highest BCUT2D eigenvalue weighted by atomic mass is 79.9. The van der Waals surface area contributed by atoms with E-state index < -0.39 is 21.8 Å². The lowest BCUT2D eigenvalue weighted by atomic mass is 9.69. The Labute approximate surface area is 110 Å². The second-order valence-electron chi connectivity index (χ2n) is 4.91. The van der Waals surface area contributed by atoms with E-state index in [1.807, 2.05) is 0 Å². The minimum absolute atomic E-state index is 0.411. The van der Waals surface area contributed by atoms with E-state index in [2.05, 4.69) is 22.5 Å². The third kappa shape index (κ3) is 1.56. The maximum absolute atomic E-state index is 11.0. The zero-order valence-corrected chi connectivity index (χ0v) is 12.0. The van der Waals surface area contributed by atoms with E-state index in [0.29, 0.717) is 25.0 Å². The summed E-state index contributed by atoms with van der Waals surface area (Å²) in [5.74, 6) is -0.842. The Bertz CT molecular complexity index is 335. The van der Waals surface area contributed by atoms with Crippen LogP contribution in [0.1, 0.15) is 19.8 Å². The second-order valence-corrected chi connectivity index (χ2v) is 5.83. The van der Waals surface area contributed by atoms with Crippen molar-refractivity contribution in [3.8, 4) is 0 Å². The van der Waals surface area contributed by atoms with Crippen LogP contribution in [0, 0.1) is 0 Å². The molecule has 5 heteroatoms. The first-order valence-electron chi connectivity index (χ1n) is 5.65. The Balaban J connectivity index is 2.42. The molecule has 0 amide bonds. The van der Waals surface area contributed by atoms with Gasteiger partial charge in [0.2, 0.25) is 0 Å². The van der Waals surface area contributed by atoms with Crippen molar-refractivity contribution in [1.29, 1.82) is 0 Å². The Morgan fingerprint density at radius 2 is 1.94 bits per heavy atom. The number of hydrogen-bond donors (Lipinski definition) is 1. The molecule has 3 atom stereocenters. The van der Waals surface area contributed by atoms with Crippen LogP contribution in [-0.2, 0) is 14.2 Å². The summed E-state index contributed by atoms with van der Waals surface area (Å²) < 4.78 is 16.5. The monoisotopic (exact) mass is 306 g/mol. The number of ether oxygens (including phenoxy) is 3. The van der Waals surface area contributed by atoms with Gasteiger partial charge in [0.15, 0.2) is 5.79 Å². The Kier molecular flexibility index (Phi) is 3.20. The summed E-state index contributed by atoms with van der Waals surface area (Å²) in [5.41, 5.74) is -1.03. The van der Waals surface area contributed by atoms with Gasteiger partial charge >= 0.3 is 0 Å². The molecule has 17 heavy (non-hydrogen) atoms. The van der Waals surface area contributed by atoms with Gasteiger partial charge in [-0.25, -0.2) is 0 Å². The molecular weight excluding hydrogens is 288 g/mol. The van der Waals surface area contributed by atoms with Crippen molar-refractivity contribution in [2.75, 3.05) is 20.8 Å². The number of rotatable bonds is 3. The number of epoxide rings is 1. The van der Waals surface area contributed by atoms with Gasteiger partial charge in [0.1, 0.15) is 16.0 Å². The summed E-state index contributed by atoms with van der Waals surface area (Å²) in [4.78, 5) is -0.411. The largest absolute Gasteiger partial charge is 0.381 e. The number of methoxy groups -OCH3 is 2. The topological polar surface area (TPSA) is 51.2 Å². The summed E-state index contributed by atoms with van der Waals surface area (Å²) in [6, 6.07) is 0. The smallest absolute Gasteiger partial charge is 0.183 e. The Morgan fingerprint density at radius 1 is 1.41 bits per heavy atom. The van der Waals surface area contributed by atoms with Crippen LogP contribution >= 0.6 is 15.9 Å². The maximum atomic E-state index is 11.0. The number of hydrogen-bond acceptors (Lipinski definition) is 4. The highest BCUT2D eigenvalue weighted by Gasteiger charge is 2.71. The molecule has 2 aliphatic rings. The third-order valence-corrected chi connectivity index (χ3v) is 5.52. The molecule has 1 aliphatic heterocycles. The molecule has 1 saturated carbocycles. The quantitative estimate of drug-likeness (QED) is 0.372.